The summed E-state index contributed by atoms with van der Waals surface area (Å²) in [5.74, 6) is -0.755. The molecule has 0 aliphatic rings. The number of aryl methyl sites for hydroxylation is 1. The highest BCUT2D eigenvalue weighted by Gasteiger charge is 2.15. The zero-order valence-corrected chi connectivity index (χ0v) is 9.01. The molecule has 0 radical (unpaired) electrons. The molecule has 2 rings (SSSR count). The summed E-state index contributed by atoms with van der Waals surface area (Å²) in [6, 6.07) is 4.69. The molecule has 0 saturated carbocycles. The number of ether oxygens (including phenoxy) is 1. The lowest BCUT2D eigenvalue weighted by Gasteiger charge is -2.10. The average molecular weight is 234 g/mol. The maximum atomic E-state index is 11.8. The molecule has 3 N–H and O–H groups in total. The van der Waals surface area contributed by atoms with Gasteiger partial charge in [0, 0.05) is 18.1 Å². The quantitative estimate of drug-likeness (QED) is 0.578. The molecule has 0 unspecified atom stereocenters. The van der Waals surface area contributed by atoms with Crippen LogP contribution >= 0.6 is 0 Å². The number of pyridine rings is 1. The standard InChI is InChI=1S/C11H10N2O4/c1-13-8-4-6(12)2-3-7(8)9(15)10(11(13)16)17-5-14/h2-5,15H,12H2,1H3. The van der Waals surface area contributed by atoms with Crippen LogP contribution in [0.2, 0.25) is 0 Å². The van der Waals surface area contributed by atoms with Gasteiger partial charge in [0.15, 0.2) is 5.75 Å². The van der Waals surface area contributed by atoms with Crippen molar-refractivity contribution in [2.45, 2.75) is 0 Å². The average Bonchev–Trinajstić information content (AvgIpc) is 2.32. The van der Waals surface area contributed by atoms with E-state index in [-0.39, 0.29) is 18.0 Å². The summed E-state index contributed by atoms with van der Waals surface area (Å²) in [7, 11) is 1.50. The van der Waals surface area contributed by atoms with Gasteiger partial charge < -0.3 is 20.1 Å². The first-order valence-corrected chi connectivity index (χ1v) is 4.77. The van der Waals surface area contributed by atoms with Gasteiger partial charge >= 0.3 is 0 Å². The summed E-state index contributed by atoms with van der Waals surface area (Å²) < 4.78 is 5.75. The van der Waals surface area contributed by atoms with Crippen molar-refractivity contribution in [3.8, 4) is 11.5 Å². The molecule has 0 aliphatic heterocycles. The number of nitrogen functional groups attached to an aromatic ring is 1. The number of benzene rings is 1. The van der Waals surface area contributed by atoms with E-state index in [0.717, 1.165) is 0 Å². The predicted octanol–water partition coefficient (Wildman–Crippen LogP) is 0.362. The highest BCUT2D eigenvalue weighted by atomic mass is 16.5. The number of aromatic nitrogens is 1. The lowest BCUT2D eigenvalue weighted by Crippen LogP contribution is -2.19. The number of fused-ring (bicyclic) bond motifs is 1. The second kappa shape index (κ2) is 3.82. The number of rotatable bonds is 2. The zero-order chi connectivity index (χ0) is 12.6. The summed E-state index contributed by atoms with van der Waals surface area (Å²) in [5.41, 5.74) is 5.93. The van der Waals surface area contributed by atoms with E-state index >= 15 is 0 Å². The number of nitrogens with two attached hydrogens (primary N) is 1. The van der Waals surface area contributed by atoms with Crippen molar-refractivity contribution in [2.75, 3.05) is 5.73 Å². The molecule has 6 heteroatoms. The molecule has 1 aromatic carbocycles. The minimum atomic E-state index is -0.604. The molecule has 17 heavy (non-hydrogen) atoms. The molecule has 1 heterocycles. The van der Waals surface area contributed by atoms with Gasteiger partial charge in [0.1, 0.15) is 0 Å². The van der Waals surface area contributed by atoms with Crippen LogP contribution in [0.25, 0.3) is 10.9 Å². The van der Waals surface area contributed by atoms with E-state index in [0.29, 0.717) is 16.6 Å². The number of anilines is 1. The number of hydrogen-bond acceptors (Lipinski definition) is 5. The molecule has 0 spiro atoms. The van der Waals surface area contributed by atoms with Crippen molar-refractivity contribution in [3.05, 3.63) is 28.6 Å². The minimum Gasteiger partial charge on any atom is -0.504 e. The first kappa shape index (κ1) is 11.0. The van der Waals surface area contributed by atoms with Crippen LogP contribution in [0.1, 0.15) is 0 Å². The fourth-order valence-corrected chi connectivity index (χ4v) is 1.67. The molecule has 0 fully saturated rings. The summed E-state index contributed by atoms with van der Waals surface area (Å²) in [5, 5.41) is 10.2. The summed E-state index contributed by atoms with van der Waals surface area (Å²) in [6.45, 7) is 0.0968. The van der Waals surface area contributed by atoms with E-state index in [9.17, 15) is 14.7 Å². The van der Waals surface area contributed by atoms with Crippen LogP contribution in [0, 0.1) is 0 Å². The lowest BCUT2D eigenvalue weighted by atomic mass is 10.1. The molecule has 6 nitrogen and oxygen atoms in total. The first-order chi connectivity index (χ1) is 8.06. The number of carbonyl (C=O) groups excluding carboxylic acids is 1. The smallest absolute Gasteiger partial charge is 0.298 e. The molecule has 0 bridgehead atoms. The fraction of sp³-hybridized carbons (Fsp3) is 0.0909. The third-order valence-corrected chi connectivity index (χ3v) is 2.52. The van der Waals surface area contributed by atoms with E-state index in [1.807, 2.05) is 0 Å². The van der Waals surface area contributed by atoms with Crippen molar-refractivity contribution >= 4 is 23.1 Å². The normalized spacial score (nSPS) is 10.4. The Morgan fingerprint density at radius 3 is 2.82 bits per heavy atom. The van der Waals surface area contributed by atoms with Crippen molar-refractivity contribution < 1.29 is 14.6 Å². The number of carbonyl (C=O) groups is 1. The Kier molecular flexibility index (Phi) is 2.47. The number of nitrogens with zero attached hydrogens (tertiary/aromatic N) is 1. The third kappa shape index (κ3) is 1.59. The van der Waals surface area contributed by atoms with Crippen molar-refractivity contribution in [1.82, 2.24) is 4.57 Å². The molecule has 0 saturated heterocycles. The van der Waals surface area contributed by atoms with E-state index in [1.54, 1.807) is 18.2 Å². The number of aromatic hydroxyl groups is 1. The Hall–Kier alpha value is -2.50. The van der Waals surface area contributed by atoms with Crippen molar-refractivity contribution in [2.24, 2.45) is 7.05 Å². The van der Waals surface area contributed by atoms with Crippen LogP contribution < -0.4 is 16.0 Å². The maximum absolute atomic E-state index is 11.8. The highest BCUT2D eigenvalue weighted by molar-refractivity contribution is 5.89. The van der Waals surface area contributed by atoms with Gasteiger partial charge in [0.2, 0.25) is 5.75 Å². The topological polar surface area (TPSA) is 94.5 Å². The van der Waals surface area contributed by atoms with Crippen LogP contribution in [-0.4, -0.2) is 16.1 Å². The predicted molar refractivity (Wildman–Crippen MR) is 62.0 cm³/mol. The van der Waals surface area contributed by atoms with E-state index < -0.39 is 5.56 Å². The van der Waals surface area contributed by atoms with Crippen molar-refractivity contribution in [1.29, 1.82) is 0 Å². The van der Waals surface area contributed by atoms with Crippen LogP contribution in [0.3, 0.4) is 0 Å². The fourth-order valence-electron chi connectivity index (χ4n) is 1.67. The summed E-state index contributed by atoms with van der Waals surface area (Å²) in [6.07, 6.45) is 0. The monoisotopic (exact) mass is 234 g/mol. The van der Waals surface area contributed by atoms with Crippen LogP contribution in [0.15, 0.2) is 23.0 Å². The second-order valence-electron chi connectivity index (χ2n) is 3.53. The van der Waals surface area contributed by atoms with Crippen LogP contribution in [-0.2, 0) is 11.8 Å². The molecule has 1 aromatic heterocycles. The van der Waals surface area contributed by atoms with Gasteiger partial charge in [-0.05, 0) is 18.2 Å². The Morgan fingerprint density at radius 1 is 1.47 bits per heavy atom. The Balaban J connectivity index is 2.94. The Bertz CT molecular complexity index is 661. The Morgan fingerprint density at radius 2 is 2.18 bits per heavy atom. The van der Waals surface area contributed by atoms with Gasteiger partial charge in [0.25, 0.3) is 12.0 Å². The molecular formula is C11H10N2O4. The third-order valence-electron chi connectivity index (χ3n) is 2.52. The molecule has 0 atom stereocenters. The van der Waals surface area contributed by atoms with Crippen LogP contribution in [0.4, 0.5) is 5.69 Å². The number of hydrogen-bond donors (Lipinski definition) is 2. The van der Waals surface area contributed by atoms with Crippen molar-refractivity contribution in [3.63, 3.8) is 0 Å². The van der Waals surface area contributed by atoms with Gasteiger partial charge in [-0.2, -0.15) is 0 Å². The summed E-state index contributed by atoms with van der Waals surface area (Å²) >= 11 is 0. The molecule has 88 valence electrons. The SMILES string of the molecule is Cn1c(=O)c(OC=O)c(O)c2ccc(N)cc21. The largest absolute Gasteiger partial charge is 0.504 e. The van der Waals surface area contributed by atoms with Gasteiger partial charge in [-0.1, -0.05) is 0 Å². The maximum Gasteiger partial charge on any atom is 0.298 e. The van der Waals surface area contributed by atoms with Gasteiger partial charge in [0.05, 0.1) is 5.52 Å². The molecule has 0 amide bonds. The first-order valence-electron chi connectivity index (χ1n) is 4.77. The van der Waals surface area contributed by atoms with E-state index in [4.69, 9.17) is 5.73 Å². The second-order valence-corrected chi connectivity index (χ2v) is 3.53. The molecular weight excluding hydrogens is 224 g/mol. The minimum absolute atomic E-state index is 0.0968. The molecule has 0 aliphatic carbocycles. The van der Waals surface area contributed by atoms with E-state index in [2.05, 4.69) is 4.74 Å². The zero-order valence-electron chi connectivity index (χ0n) is 9.01. The Labute approximate surface area is 95.8 Å². The summed E-state index contributed by atoms with van der Waals surface area (Å²) in [4.78, 5) is 22.1. The van der Waals surface area contributed by atoms with E-state index in [1.165, 1.54) is 11.6 Å². The lowest BCUT2D eigenvalue weighted by molar-refractivity contribution is -0.120. The van der Waals surface area contributed by atoms with Gasteiger partial charge in [-0.25, -0.2) is 0 Å². The van der Waals surface area contributed by atoms with Gasteiger partial charge in [-0.3, -0.25) is 9.59 Å². The van der Waals surface area contributed by atoms with Gasteiger partial charge in [-0.15, -0.1) is 0 Å². The van der Waals surface area contributed by atoms with Crippen LogP contribution in [0.5, 0.6) is 11.5 Å². The molecule has 2 aromatic rings. The highest BCUT2D eigenvalue weighted by Crippen LogP contribution is 2.31.